The predicted octanol–water partition coefficient (Wildman–Crippen LogP) is 7.08. The second-order valence-corrected chi connectivity index (χ2v) is 10.6. The summed E-state index contributed by atoms with van der Waals surface area (Å²) in [6, 6.07) is 0. The molecule has 0 bridgehead atoms. The number of rotatable bonds is 21. The summed E-state index contributed by atoms with van der Waals surface area (Å²) in [4.78, 5) is 34.4. The van der Waals surface area contributed by atoms with E-state index in [2.05, 4.69) is 84.4 Å². The zero-order valence-electron chi connectivity index (χ0n) is 27.1. The van der Waals surface area contributed by atoms with E-state index in [9.17, 15) is 14.4 Å². The first-order chi connectivity index (χ1) is 19.7. The van der Waals surface area contributed by atoms with Gasteiger partial charge in [0.1, 0.15) is 0 Å². The van der Waals surface area contributed by atoms with E-state index in [1.807, 2.05) is 0 Å². The summed E-state index contributed by atoms with van der Waals surface area (Å²) in [5.41, 5.74) is 0. The third kappa shape index (κ3) is 38.2. The van der Waals surface area contributed by atoms with E-state index >= 15 is 0 Å². The molecule has 0 rings (SSSR count). The molecule has 0 fully saturated rings. The van der Waals surface area contributed by atoms with Crippen molar-refractivity contribution in [2.75, 3.05) is 37.1 Å². The molecule has 0 aromatic carbocycles. The Kier molecular flexibility index (Phi) is 47.3. The van der Waals surface area contributed by atoms with Crippen molar-refractivity contribution in [2.45, 2.75) is 124 Å². The Morgan fingerprint density at radius 2 is 0.732 bits per heavy atom. The summed E-state index contributed by atoms with van der Waals surface area (Å²) in [7, 11) is 0. The van der Waals surface area contributed by atoms with Crippen LogP contribution < -0.4 is 0 Å². The fourth-order valence-electron chi connectivity index (χ4n) is 3.45. The van der Waals surface area contributed by atoms with Gasteiger partial charge in [0.15, 0.2) is 0 Å². The molecule has 0 saturated carbocycles. The summed E-state index contributed by atoms with van der Waals surface area (Å²) < 4.78 is 15.0. The maximum atomic E-state index is 10.8. The van der Waals surface area contributed by atoms with Crippen LogP contribution in [0.2, 0.25) is 4.94 Å². The second-order valence-electron chi connectivity index (χ2n) is 9.73. The van der Waals surface area contributed by atoms with Gasteiger partial charge in [0.25, 0.3) is 17.9 Å². The summed E-state index contributed by atoms with van der Waals surface area (Å²) in [6.45, 7) is 14.5. The average molecular weight is 744 g/mol. The maximum absolute atomic E-state index is 10.8. The molecule has 0 aromatic heterocycles. The van der Waals surface area contributed by atoms with Crippen LogP contribution >= 0.6 is 0 Å². The zero-order valence-corrected chi connectivity index (χ0v) is 32.4. The van der Waals surface area contributed by atoms with Crippen LogP contribution in [0.1, 0.15) is 119 Å². The van der Waals surface area contributed by atoms with Gasteiger partial charge in [0.05, 0.1) is 19.8 Å². The minimum atomic E-state index is -0.259. The van der Waals surface area contributed by atoms with Gasteiger partial charge in [-0.3, -0.25) is 14.4 Å². The van der Waals surface area contributed by atoms with Gasteiger partial charge in [-0.15, -0.1) is 0 Å². The van der Waals surface area contributed by atoms with Crippen molar-refractivity contribution in [3.63, 3.8) is 0 Å². The Morgan fingerprint density at radius 3 is 0.878 bits per heavy atom. The Morgan fingerprint density at radius 1 is 0.512 bits per heavy atom. The Hall–Kier alpha value is 0.259. The van der Waals surface area contributed by atoms with E-state index in [-0.39, 0.29) is 35.2 Å². The van der Waals surface area contributed by atoms with E-state index in [0.717, 1.165) is 38.5 Å². The first-order valence-corrected chi connectivity index (χ1v) is 20.0. The molecule has 0 aromatic rings. The van der Waals surface area contributed by atoms with Gasteiger partial charge in [-0.1, -0.05) is 117 Å². The Labute approximate surface area is 283 Å². The molecular formula is C31H60O6S3Sn. The van der Waals surface area contributed by atoms with E-state index in [0.29, 0.717) is 37.6 Å². The van der Waals surface area contributed by atoms with Gasteiger partial charge in [-0.25, -0.2) is 0 Å². The van der Waals surface area contributed by atoms with Crippen molar-refractivity contribution in [2.24, 2.45) is 17.8 Å². The molecule has 0 heterocycles. The second kappa shape index (κ2) is 40.3. The van der Waals surface area contributed by atoms with Crippen LogP contribution in [0, 0.1) is 17.8 Å². The number of ether oxygens (including phenoxy) is 3. The molecule has 3 atom stereocenters. The summed E-state index contributed by atoms with van der Waals surface area (Å²) in [6.07, 6.45) is 13.9. The predicted molar refractivity (Wildman–Crippen MR) is 181 cm³/mol. The van der Waals surface area contributed by atoms with E-state index in [1.165, 1.54) is 38.5 Å². The molecule has 0 aliphatic carbocycles. The summed E-state index contributed by atoms with van der Waals surface area (Å²) in [5.74, 6) is 1.000. The van der Waals surface area contributed by atoms with Gasteiger partial charge < -0.3 is 52.1 Å². The molecule has 0 radical (unpaired) electrons. The standard InChI is InChI=1S/3C10H20O2S.CH3.Sn/c3*1-3-5-6-9(4-2)7-12-10(11)8-13;;/h3*9,13H,3-8H2,1-2H3;1H3;/q;;;;+3/p-3. The van der Waals surface area contributed by atoms with Crippen LogP contribution in [0.3, 0.4) is 0 Å². The van der Waals surface area contributed by atoms with Crippen LogP contribution in [0.25, 0.3) is 0 Å². The number of esters is 3. The summed E-state index contributed by atoms with van der Waals surface area (Å²) in [5, 5.41) is 0. The van der Waals surface area contributed by atoms with E-state index < -0.39 is 0 Å². The molecule has 0 amide bonds. The van der Waals surface area contributed by atoms with Gasteiger partial charge in [-0.2, -0.15) is 0 Å². The molecule has 0 aliphatic heterocycles. The van der Waals surface area contributed by atoms with Crippen LogP contribution in [0.5, 0.6) is 0 Å². The molecule has 6 nitrogen and oxygen atoms in total. The molecule has 242 valence electrons. The average Bonchev–Trinajstić information content (AvgIpc) is 3.02. The third-order valence-corrected chi connectivity index (χ3v) is 7.13. The number of hydrogen-bond donors (Lipinski definition) is 0. The first kappa shape index (κ1) is 48.2. The SMILES string of the molecule is CCCCC(CC)COC(=O)C[S-].CCCCC(CC)COC(=O)C[S-].CCCCC(CC)COC(=O)C[S-].[CH3][Sn+3]. The van der Waals surface area contributed by atoms with Crippen molar-refractivity contribution < 1.29 is 28.6 Å². The number of unbranched alkanes of at least 4 members (excludes halogenated alkanes) is 3. The van der Waals surface area contributed by atoms with Gasteiger partial charge >= 0.3 is 27.5 Å². The van der Waals surface area contributed by atoms with Crippen LogP contribution in [-0.2, 0) is 66.5 Å². The van der Waals surface area contributed by atoms with Crippen LogP contribution in [0.15, 0.2) is 0 Å². The van der Waals surface area contributed by atoms with Gasteiger partial charge in [0.2, 0.25) is 0 Å². The number of carbonyl (C=O) groups is 3. The van der Waals surface area contributed by atoms with Gasteiger partial charge in [-0.05, 0) is 37.0 Å². The van der Waals surface area contributed by atoms with Crippen molar-refractivity contribution in [1.82, 2.24) is 0 Å². The third-order valence-electron chi connectivity index (χ3n) is 6.42. The molecule has 0 aliphatic rings. The molecule has 10 heteroatoms. The molecule has 0 saturated heterocycles. The molecule has 0 spiro atoms. The van der Waals surface area contributed by atoms with Crippen molar-refractivity contribution in [3.8, 4) is 0 Å². The van der Waals surface area contributed by atoms with Crippen molar-refractivity contribution >= 4 is 78.3 Å². The fourth-order valence-corrected chi connectivity index (χ4v) is 3.70. The quantitative estimate of drug-likeness (QED) is 0.0531. The zero-order chi connectivity index (χ0) is 32.3. The summed E-state index contributed by atoms with van der Waals surface area (Å²) >= 11 is 15.3. The number of carbonyl (C=O) groups excluding carboxylic acids is 3. The molecule has 41 heavy (non-hydrogen) atoms. The topological polar surface area (TPSA) is 78.9 Å². The van der Waals surface area contributed by atoms with Gasteiger partial charge in [0, 0.05) is 0 Å². The van der Waals surface area contributed by atoms with Crippen LogP contribution in [-0.4, -0.2) is 77.5 Å². The normalized spacial score (nSPS) is 12.1. The van der Waals surface area contributed by atoms with E-state index in [1.54, 1.807) is 22.5 Å². The van der Waals surface area contributed by atoms with E-state index in [4.69, 9.17) is 14.2 Å². The van der Waals surface area contributed by atoms with Crippen molar-refractivity contribution in [1.29, 1.82) is 0 Å². The first-order valence-electron chi connectivity index (χ1n) is 15.4. The monoisotopic (exact) mass is 744 g/mol. The minimum absolute atomic E-state index is 0.0736. The molecule has 0 N–H and O–H groups in total. The Bertz CT molecular complexity index is 494. The van der Waals surface area contributed by atoms with Crippen LogP contribution in [0.4, 0.5) is 0 Å². The fraction of sp³-hybridized carbons (Fsp3) is 0.903. The molecular weight excluding hydrogens is 683 g/mol. The Balaban J connectivity index is -0.000000243. The van der Waals surface area contributed by atoms with Crippen molar-refractivity contribution in [3.05, 3.63) is 0 Å². The number of hydrogen-bond acceptors (Lipinski definition) is 9. The molecule has 3 unspecified atom stereocenters.